The number of aliphatic hydroxyl groups excluding tert-OH is 2. The van der Waals surface area contributed by atoms with Crippen LogP contribution in [0.3, 0.4) is 0 Å². The van der Waals surface area contributed by atoms with Crippen molar-refractivity contribution in [2.24, 2.45) is 0 Å². The molecule has 18 nitrogen and oxygen atoms in total. The Bertz CT molecular complexity index is 664. The van der Waals surface area contributed by atoms with Crippen LogP contribution in [0.2, 0.25) is 0 Å². The van der Waals surface area contributed by atoms with Crippen molar-refractivity contribution < 1.29 is 85.7 Å². The summed E-state index contributed by atoms with van der Waals surface area (Å²) in [5, 5.41) is 19.8. The lowest BCUT2D eigenvalue weighted by Gasteiger charge is -2.45. The molecule has 1 rings (SSSR count). The number of phosphoric ester groups is 4. The average Bonchev–Trinajstić information content (AvgIpc) is 2.39. The molecule has 0 aliphatic heterocycles. The predicted octanol–water partition coefficient (Wildman–Crippen LogP) is -3.37. The van der Waals surface area contributed by atoms with Crippen LogP contribution in [0.4, 0.5) is 0 Å². The molecule has 0 radical (unpaired) electrons. The molecule has 22 heteroatoms. The Balaban J connectivity index is 3.53. The minimum atomic E-state index is -5.67. The molecule has 0 aromatic rings. The van der Waals surface area contributed by atoms with Crippen LogP contribution in [0.1, 0.15) is 0 Å². The predicted molar refractivity (Wildman–Crippen MR) is 79.7 cm³/mol. The Morgan fingerprint density at radius 2 is 0.607 bits per heavy atom. The Labute approximate surface area is 154 Å². The molecule has 1 aliphatic carbocycles. The summed E-state index contributed by atoms with van der Waals surface area (Å²) in [5.74, 6) is 0. The largest absolute Gasteiger partial charge is 0.470 e. The van der Waals surface area contributed by atoms with Crippen LogP contribution < -0.4 is 0 Å². The maximum atomic E-state index is 11.1. The summed E-state index contributed by atoms with van der Waals surface area (Å²) in [4.78, 5) is 71.1. The van der Waals surface area contributed by atoms with Crippen molar-refractivity contribution in [3.8, 4) is 0 Å². The topological polar surface area (TPSA) is 308 Å². The zero-order chi connectivity index (χ0) is 22.3. The van der Waals surface area contributed by atoms with Gasteiger partial charge in [0, 0.05) is 0 Å². The third kappa shape index (κ3) is 8.62. The van der Waals surface area contributed by atoms with Crippen LogP contribution in [-0.4, -0.2) is 86.0 Å². The number of hydrogen-bond donors (Lipinski definition) is 10. The van der Waals surface area contributed by atoms with E-state index in [1.165, 1.54) is 0 Å². The lowest BCUT2D eigenvalue weighted by Crippen LogP contribution is -2.65. The smallest absolute Gasteiger partial charge is 0.387 e. The van der Waals surface area contributed by atoms with Gasteiger partial charge in [-0.25, -0.2) is 18.3 Å². The van der Waals surface area contributed by atoms with Crippen molar-refractivity contribution in [2.75, 3.05) is 0 Å². The summed E-state index contributed by atoms with van der Waals surface area (Å²) in [6.07, 6.45) is -15.9. The first-order valence-electron chi connectivity index (χ1n) is 6.52. The highest BCUT2D eigenvalue weighted by Gasteiger charge is 2.58. The fourth-order valence-corrected chi connectivity index (χ4v) is 4.51. The van der Waals surface area contributed by atoms with Gasteiger partial charge in [-0.15, -0.1) is 0 Å². The molecular weight excluding hydrogens is 484 g/mol. The van der Waals surface area contributed by atoms with E-state index in [4.69, 9.17) is 39.1 Å². The van der Waals surface area contributed by atoms with Crippen molar-refractivity contribution in [3.63, 3.8) is 0 Å². The number of phosphoric acid groups is 4. The maximum Gasteiger partial charge on any atom is 0.470 e. The average molecular weight is 500 g/mol. The van der Waals surface area contributed by atoms with E-state index in [1.54, 1.807) is 0 Å². The molecule has 10 N–H and O–H groups in total. The summed E-state index contributed by atoms with van der Waals surface area (Å²) in [7, 11) is -22.5. The normalized spacial score (nSPS) is 33.1. The highest BCUT2D eigenvalue weighted by molar-refractivity contribution is 7.47. The van der Waals surface area contributed by atoms with Gasteiger partial charge in [-0.3, -0.25) is 18.1 Å². The van der Waals surface area contributed by atoms with Gasteiger partial charge in [0.25, 0.3) is 0 Å². The number of hydrogen-bond acceptors (Lipinski definition) is 10. The maximum absolute atomic E-state index is 11.1. The van der Waals surface area contributed by atoms with Crippen LogP contribution >= 0.6 is 31.3 Å². The van der Waals surface area contributed by atoms with Crippen molar-refractivity contribution in [1.82, 2.24) is 0 Å². The van der Waals surface area contributed by atoms with Gasteiger partial charge < -0.3 is 49.4 Å². The third-order valence-electron chi connectivity index (χ3n) is 3.03. The Kier molecular flexibility index (Phi) is 8.34. The second-order valence-electron chi connectivity index (χ2n) is 5.22. The van der Waals surface area contributed by atoms with Gasteiger partial charge in [0.1, 0.15) is 36.6 Å². The first kappa shape index (κ1) is 26.4. The van der Waals surface area contributed by atoms with E-state index in [0.717, 1.165) is 0 Å². The van der Waals surface area contributed by atoms with E-state index >= 15 is 0 Å². The molecule has 1 fully saturated rings. The third-order valence-corrected chi connectivity index (χ3v) is 5.10. The van der Waals surface area contributed by atoms with Crippen LogP contribution in [0.15, 0.2) is 0 Å². The fraction of sp³-hybridized carbons (Fsp3) is 1.00. The van der Waals surface area contributed by atoms with Crippen LogP contribution in [0.25, 0.3) is 0 Å². The minimum absolute atomic E-state index is 2.60. The summed E-state index contributed by atoms with van der Waals surface area (Å²) >= 11 is 0. The zero-order valence-electron chi connectivity index (χ0n) is 13.0. The highest BCUT2D eigenvalue weighted by atomic mass is 31.2. The molecule has 0 spiro atoms. The van der Waals surface area contributed by atoms with Gasteiger partial charge in [0.2, 0.25) is 0 Å². The van der Waals surface area contributed by atoms with E-state index < -0.39 is 67.9 Å². The van der Waals surface area contributed by atoms with Gasteiger partial charge in [-0.1, -0.05) is 0 Å². The first-order chi connectivity index (χ1) is 12.2. The van der Waals surface area contributed by atoms with E-state index in [9.17, 15) is 28.5 Å². The SMILES string of the molecule is O=P(O)(O)O[C@@H]1[C@@H](OP(=O)(O)O)[C@@H](OP(=O)(O)O)[C@H](O)[C@@H](O)[C@@H]1OP(=O)(O)O. The molecule has 0 bridgehead atoms. The Hall–Kier alpha value is 0.360. The van der Waals surface area contributed by atoms with Crippen LogP contribution in [0.5, 0.6) is 0 Å². The molecular formula is C6H16O18P4. The summed E-state index contributed by atoms with van der Waals surface area (Å²) < 4.78 is 60.6. The number of rotatable bonds is 8. The molecule has 0 aromatic carbocycles. The van der Waals surface area contributed by atoms with E-state index in [1.807, 2.05) is 0 Å². The minimum Gasteiger partial charge on any atom is -0.387 e. The second-order valence-corrected chi connectivity index (χ2v) is 9.99. The molecule has 0 aromatic heterocycles. The summed E-state index contributed by atoms with van der Waals surface area (Å²) in [5.41, 5.74) is 0. The van der Waals surface area contributed by atoms with Gasteiger partial charge >= 0.3 is 31.3 Å². The van der Waals surface area contributed by atoms with Gasteiger partial charge in [-0.05, 0) is 0 Å². The quantitative estimate of drug-likeness (QED) is 0.145. The highest BCUT2D eigenvalue weighted by Crippen LogP contribution is 2.52. The van der Waals surface area contributed by atoms with Crippen molar-refractivity contribution in [3.05, 3.63) is 0 Å². The molecule has 1 saturated carbocycles. The molecule has 0 unspecified atom stereocenters. The standard InChI is InChI=1S/C6H16O18P4/c7-1-2(8)4(22-26(12,13)14)6(24-28(18,19)20)5(23-27(15,16)17)3(1)21-25(9,10)11/h1-8H,(H2,9,10,11)(H2,12,13,14)(H2,15,16,17)(H2,18,19,20)/t1-,2-,3+,4+,5+,6+/m1/s1. The van der Waals surface area contributed by atoms with E-state index in [0.29, 0.717) is 0 Å². The second kappa shape index (κ2) is 8.85. The zero-order valence-corrected chi connectivity index (χ0v) is 16.6. The first-order valence-corrected chi connectivity index (χ1v) is 12.6. The van der Waals surface area contributed by atoms with Crippen molar-refractivity contribution in [1.29, 1.82) is 0 Å². The molecule has 0 saturated heterocycles. The van der Waals surface area contributed by atoms with Crippen LogP contribution in [0, 0.1) is 0 Å². The van der Waals surface area contributed by atoms with Gasteiger partial charge in [0.05, 0.1) is 0 Å². The molecule has 1 aliphatic rings. The van der Waals surface area contributed by atoms with Gasteiger partial charge in [0.15, 0.2) is 0 Å². The molecule has 0 amide bonds. The van der Waals surface area contributed by atoms with Crippen molar-refractivity contribution >= 4 is 31.3 Å². The Morgan fingerprint density at radius 1 is 0.429 bits per heavy atom. The van der Waals surface area contributed by atoms with Crippen molar-refractivity contribution in [2.45, 2.75) is 36.6 Å². The monoisotopic (exact) mass is 500 g/mol. The summed E-state index contributed by atoms with van der Waals surface area (Å²) in [6.45, 7) is 0. The summed E-state index contributed by atoms with van der Waals surface area (Å²) in [6, 6.07) is 0. The molecule has 28 heavy (non-hydrogen) atoms. The van der Waals surface area contributed by atoms with Gasteiger partial charge in [-0.2, -0.15) is 0 Å². The molecule has 6 atom stereocenters. The lowest BCUT2D eigenvalue weighted by atomic mass is 9.85. The fourth-order valence-electron chi connectivity index (χ4n) is 2.27. The number of aliphatic hydroxyl groups is 2. The lowest BCUT2D eigenvalue weighted by molar-refractivity contribution is -0.209. The molecule has 0 heterocycles. The van der Waals surface area contributed by atoms with Crippen LogP contribution in [-0.2, 0) is 36.4 Å². The molecule has 168 valence electrons. The Morgan fingerprint density at radius 3 is 0.786 bits per heavy atom. The van der Waals surface area contributed by atoms with E-state index in [2.05, 4.69) is 18.1 Å². The van der Waals surface area contributed by atoms with E-state index in [-0.39, 0.29) is 0 Å².